The molecule has 5 heteroatoms. The van der Waals surface area contributed by atoms with Gasteiger partial charge in [0.25, 0.3) is 0 Å². The van der Waals surface area contributed by atoms with E-state index in [1.165, 1.54) is 16.2 Å². The Kier molecular flexibility index (Phi) is 5.75. The van der Waals surface area contributed by atoms with E-state index in [0.29, 0.717) is 24.6 Å². The van der Waals surface area contributed by atoms with Crippen LogP contribution in [-0.2, 0) is 11.2 Å². The molecule has 0 aliphatic carbocycles. The van der Waals surface area contributed by atoms with Gasteiger partial charge >= 0.3 is 0 Å². The molecule has 1 aromatic carbocycles. The van der Waals surface area contributed by atoms with Crippen molar-refractivity contribution in [3.63, 3.8) is 0 Å². The van der Waals surface area contributed by atoms with Crippen molar-refractivity contribution in [2.45, 2.75) is 33.1 Å². The summed E-state index contributed by atoms with van der Waals surface area (Å²) in [5, 5.41) is 3.54. The Morgan fingerprint density at radius 1 is 1.33 bits per heavy atom. The summed E-state index contributed by atoms with van der Waals surface area (Å²) < 4.78 is 5.55. The van der Waals surface area contributed by atoms with E-state index in [9.17, 15) is 4.79 Å². The molecule has 0 atom stereocenters. The number of carbonyl (C=O) groups is 1. The third-order valence-corrected chi connectivity index (χ3v) is 3.96. The van der Waals surface area contributed by atoms with Crippen LogP contribution in [-0.4, -0.2) is 17.5 Å². The molecule has 1 heterocycles. The Labute approximate surface area is 129 Å². The van der Waals surface area contributed by atoms with Crippen molar-refractivity contribution in [2.24, 2.45) is 0 Å². The zero-order chi connectivity index (χ0) is 15.1. The first-order chi connectivity index (χ1) is 10.2. The fourth-order valence-corrected chi connectivity index (χ4v) is 2.85. The van der Waals surface area contributed by atoms with Crippen LogP contribution in [0.3, 0.4) is 0 Å². The molecule has 0 aliphatic heterocycles. The van der Waals surface area contributed by atoms with Crippen LogP contribution < -0.4 is 10.1 Å². The first kappa shape index (κ1) is 15.5. The fourth-order valence-electron chi connectivity index (χ4n) is 1.93. The zero-order valence-corrected chi connectivity index (χ0v) is 13.2. The van der Waals surface area contributed by atoms with Crippen molar-refractivity contribution in [2.75, 3.05) is 11.9 Å². The number of benzene rings is 1. The van der Waals surface area contributed by atoms with E-state index < -0.39 is 0 Å². The van der Waals surface area contributed by atoms with Crippen LogP contribution >= 0.6 is 11.3 Å². The zero-order valence-electron chi connectivity index (χ0n) is 12.4. The topological polar surface area (TPSA) is 51.2 Å². The smallest absolute Gasteiger partial charge is 0.226 e. The summed E-state index contributed by atoms with van der Waals surface area (Å²) in [5.74, 6) is 0.823. The number of anilines is 1. The highest BCUT2D eigenvalue weighted by atomic mass is 32.1. The Morgan fingerprint density at radius 3 is 2.76 bits per heavy atom. The Hall–Kier alpha value is -1.88. The Balaban J connectivity index is 1.70. The van der Waals surface area contributed by atoms with Gasteiger partial charge in [-0.1, -0.05) is 25.1 Å². The SMILES string of the molecule is CCc1nc(NC(=O)CCCOc2ccccc2)sc1C. The number of aryl methyl sites for hydroxylation is 2. The van der Waals surface area contributed by atoms with Crippen molar-refractivity contribution in [1.29, 1.82) is 0 Å². The Morgan fingerprint density at radius 2 is 2.10 bits per heavy atom. The van der Waals surface area contributed by atoms with Crippen LogP contribution in [0.4, 0.5) is 5.13 Å². The number of rotatable bonds is 7. The molecule has 0 spiro atoms. The Bertz CT molecular complexity index is 581. The molecule has 0 radical (unpaired) electrons. The van der Waals surface area contributed by atoms with E-state index in [1.807, 2.05) is 37.3 Å². The van der Waals surface area contributed by atoms with Gasteiger partial charge in [-0.05, 0) is 31.9 Å². The minimum Gasteiger partial charge on any atom is -0.494 e. The second kappa shape index (κ2) is 7.78. The minimum atomic E-state index is -0.0111. The maximum Gasteiger partial charge on any atom is 0.226 e. The number of ether oxygens (including phenoxy) is 1. The van der Waals surface area contributed by atoms with E-state index in [2.05, 4.69) is 17.2 Å². The van der Waals surface area contributed by atoms with Gasteiger partial charge in [-0.3, -0.25) is 4.79 Å². The fraction of sp³-hybridized carbons (Fsp3) is 0.375. The summed E-state index contributed by atoms with van der Waals surface area (Å²) in [5.41, 5.74) is 1.06. The maximum absolute atomic E-state index is 11.8. The predicted molar refractivity (Wildman–Crippen MR) is 86.0 cm³/mol. The van der Waals surface area contributed by atoms with Crippen molar-refractivity contribution in [1.82, 2.24) is 4.98 Å². The summed E-state index contributed by atoms with van der Waals surface area (Å²) in [4.78, 5) is 17.4. The van der Waals surface area contributed by atoms with Gasteiger partial charge < -0.3 is 10.1 Å². The first-order valence-electron chi connectivity index (χ1n) is 7.13. The average molecular weight is 304 g/mol. The van der Waals surface area contributed by atoms with Crippen molar-refractivity contribution in [3.8, 4) is 5.75 Å². The van der Waals surface area contributed by atoms with E-state index in [1.54, 1.807) is 0 Å². The standard InChI is InChI=1S/C16H20N2O2S/c1-3-14-12(2)21-16(17-14)18-15(19)10-7-11-20-13-8-5-4-6-9-13/h4-6,8-9H,3,7,10-11H2,1-2H3,(H,17,18,19). The second-order valence-electron chi connectivity index (χ2n) is 4.69. The van der Waals surface area contributed by atoms with Gasteiger partial charge in [-0.15, -0.1) is 11.3 Å². The van der Waals surface area contributed by atoms with Crippen molar-refractivity contribution < 1.29 is 9.53 Å². The maximum atomic E-state index is 11.8. The van der Waals surface area contributed by atoms with Gasteiger partial charge in [-0.2, -0.15) is 0 Å². The van der Waals surface area contributed by atoms with Gasteiger partial charge in [0.2, 0.25) is 5.91 Å². The highest BCUT2D eigenvalue weighted by molar-refractivity contribution is 7.15. The number of nitrogens with zero attached hydrogens (tertiary/aromatic N) is 1. The molecule has 0 bridgehead atoms. The minimum absolute atomic E-state index is 0.0111. The number of thiazole rings is 1. The van der Waals surface area contributed by atoms with Gasteiger partial charge in [-0.25, -0.2) is 4.98 Å². The molecule has 1 N–H and O–H groups in total. The number of carbonyl (C=O) groups excluding carboxylic acids is 1. The van der Waals surface area contributed by atoms with Crippen LogP contribution in [0.1, 0.15) is 30.3 Å². The summed E-state index contributed by atoms with van der Waals surface area (Å²) in [7, 11) is 0. The molecule has 1 aromatic heterocycles. The molecule has 21 heavy (non-hydrogen) atoms. The lowest BCUT2D eigenvalue weighted by Crippen LogP contribution is -2.12. The predicted octanol–water partition coefficient (Wildman–Crippen LogP) is 3.81. The number of hydrogen-bond acceptors (Lipinski definition) is 4. The first-order valence-corrected chi connectivity index (χ1v) is 7.94. The van der Waals surface area contributed by atoms with Crippen LogP contribution in [0.15, 0.2) is 30.3 Å². The van der Waals surface area contributed by atoms with Gasteiger partial charge in [0, 0.05) is 11.3 Å². The quantitative estimate of drug-likeness (QED) is 0.791. The molecule has 4 nitrogen and oxygen atoms in total. The third kappa shape index (κ3) is 4.86. The van der Waals surface area contributed by atoms with E-state index in [-0.39, 0.29) is 5.91 Å². The van der Waals surface area contributed by atoms with Crippen LogP contribution in [0.25, 0.3) is 0 Å². The van der Waals surface area contributed by atoms with Crippen LogP contribution in [0.2, 0.25) is 0 Å². The lowest BCUT2D eigenvalue weighted by Gasteiger charge is -2.05. The molecule has 2 aromatic rings. The average Bonchev–Trinajstić information content (AvgIpc) is 2.84. The highest BCUT2D eigenvalue weighted by Gasteiger charge is 2.09. The highest BCUT2D eigenvalue weighted by Crippen LogP contribution is 2.22. The normalized spacial score (nSPS) is 10.4. The molecule has 2 rings (SSSR count). The number of para-hydroxylation sites is 1. The summed E-state index contributed by atoms with van der Waals surface area (Å²) >= 11 is 1.53. The van der Waals surface area contributed by atoms with Crippen LogP contribution in [0, 0.1) is 6.92 Å². The molecule has 0 aliphatic rings. The summed E-state index contributed by atoms with van der Waals surface area (Å²) in [6.07, 6.45) is 2.02. The van der Waals surface area contributed by atoms with Crippen molar-refractivity contribution in [3.05, 3.63) is 40.9 Å². The largest absolute Gasteiger partial charge is 0.494 e. The molecule has 0 saturated carbocycles. The molecular weight excluding hydrogens is 284 g/mol. The number of amides is 1. The second-order valence-corrected chi connectivity index (χ2v) is 5.89. The van der Waals surface area contributed by atoms with Gasteiger partial charge in [0.05, 0.1) is 12.3 Å². The van der Waals surface area contributed by atoms with E-state index >= 15 is 0 Å². The van der Waals surface area contributed by atoms with Gasteiger partial charge in [0.1, 0.15) is 5.75 Å². The number of nitrogens with one attached hydrogen (secondary N) is 1. The lowest BCUT2D eigenvalue weighted by molar-refractivity contribution is -0.116. The summed E-state index contributed by atoms with van der Waals surface area (Å²) in [6, 6.07) is 9.62. The van der Waals surface area contributed by atoms with Crippen LogP contribution in [0.5, 0.6) is 5.75 Å². The van der Waals surface area contributed by atoms with Gasteiger partial charge in [0.15, 0.2) is 5.13 Å². The molecule has 0 fully saturated rings. The third-order valence-electron chi connectivity index (χ3n) is 3.03. The lowest BCUT2D eigenvalue weighted by atomic mass is 10.3. The van der Waals surface area contributed by atoms with Crippen molar-refractivity contribution >= 4 is 22.4 Å². The number of aromatic nitrogens is 1. The molecule has 0 unspecified atom stereocenters. The number of hydrogen-bond donors (Lipinski definition) is 1. The molecule has 112 valence electrons. The molecule has 1 amide bonds. The van der Waals surface area contributed by atoms with E-state index in [4.69, 9.17) is 4.74 Å². The molecular formula is C16H20N2O2S. The summed E-state index contributed by atoms with van der Waals surface area (Å²) in [6.45, 7) is 4.63. The molecule has 0 saturated heterocycles. The van der Waals surface area contributed by atoms with E-state index in [0.717, 1.165) is 17.9 Å². The monoisotopic (exact) mass is 304 g/mol.